The molecule has 0 aromatic carbocycles. The average molecular weight is 191 g/mol. The Morgan fingerprint density at radius 2 is 1.77 bits per heavy atom. The van der Waals surface area contributed by atoms with Crippen LogP contribution in [0, 0.1) is 0 Å². The van der Waals surface area contributed by atoms with Crippen LogP contribution < -0.4 is 0 Å². The fourth-order valence-corrected chi connectivity index (χ4v) is 0.419. The van der Waals surface area contributed by atoms with E-state index in [2.05, 4.69) is 4.84 Å². The lowest BCUT2D eigenvalue weighted by Crippen LogP contribution is -2.32. The zero-order valence-electron chi connectivity index (χ0n) is 8.03. The van der Waals surface area contributed by atoms with Crippen molar-refractivity contribution in [2.24, 2.45) is 0 Å². The van der Waals surface area contributed by atoms with Crippen LogP contribution in [-0.4, -0.2) is 35.1 Å². The van der Waals surface area contributed by atoms with Gasteiger partial charge in [-0.25, -0.2) is 9.59 Å². The standard InChI is InChI=1S/C7H13NO5/c1-7(2,3)12-6(11)13-8(4)5(9)10/h1-4H3,(H,9,10). The van der Waals surface area contributed by atoms with Crippen LogP contribution in [0.5, 0.6) is 0 Å². The molecule has 0 atom stereocenters. The molecule has 0 aromatic rings. The molecule has 6 nitrogen and oxygen atoms in total. The first-order valence-electron chi connectivity index (χ1n) is 3.60. The van der Waals surface area contributed by atoms with Gasteiger partial charge in [-0.1, -0.05) is 0 Å². The Hall–Kier alpha value is -1.46. The number of carbonyl (C=O) groups is 2. The smallest absolute Gasteiger partial charge is 0.463 e. The van der Waals surface area contributed by atoms with Crippen molar-refractivity contribution in [2.45, 2.75) is 26.4 Å². The highest BCUT2D eigenvalue weighted by atomic mass is 16.8. The van der Waals surface area contributed by atoms with Crippen LogP contribution in [0.25, 0.3) is 0 Å². The molecule has 0 rings (SSSR count). The number of hydrogen-bond donors (Lipinski definition) is 1. The van der Waals surface area contributed by atoms with E-state index in [4.69, 9.17) is 9.84 Å². The first kappa shape index (κ1) is 11.5. The molecule has 0 radical (unpaired) electrons. The Bertz CT molecular complexity index is 207. The summed E-state index contributed by atoms with van der Waals surface area (Å²) in [5, 5.41) is 8.69. The molecule has 0 aromatic heterocycles. The summed E-state index contributed by atoms with van der Waals surface area (Å²) in [5.74, 6) is 0. The monoisotopic (exact) mass is 191 g/mol. The molecule has 0 spiro atoms. The molecule has 0 unspecified atom stereocenters. The van der Waals surface area contributed by atoms with Gasteiger partial charge in [0.1, 0.15) is 5.60 Å². The molecule has 76 valence electrons. The molecule has 6 heteroatoms. The quantitative estimate of drug-likeness (QED) is 0.463. The van der Waals surface area contributed by atoms with Crippen LogP contribution in [-0.2, 0) is 9.57 Å². The Morgan fingerprint density at radius 3 is 2.08 bits per heavy atom. The van der Waals surface area contributed by atoms with Crippen molar-refractivity contribution < 1.29 is 24.3 Å². The first-order valence-corrected chi connectivity index (χ1v) is 3.60. The summed E-state index contributed by atoms with van der Waals surface area (Å²) >= 11 is 0. The highest BCUT2D eigenvalue weighted by molar-refractivity contribution is 5.67. The molecule has 0 fully saturated rings. The number of hydroxylamine groups is 2. The van der Waals surface area contributed by atoms with Gasteiger partial charge in [0, 0.05) is 0 Å². The van der Waals surface area contributed by atoms with Crippen molar-refractivity contribution in [2.75, 3.05) is 7.05 Å². The van der Waals surface area contributed by atoms with Crippen LogP contribution in [0.4, 0.5) is 9.59 Å². The third-order valence-corrected chi connectivity index (χ3v) is 0.870. The highest BCUT2D eigenvalue weighted by Gasteiger charge is 2.20. The third-order valence-electron chi connectivity index (χ3n) is 0.870. The summed E-state index contributed by atoms with van der Waals surface area (Å²) in [6, 6.07) is 0. The predicted octanol–water partition coefficient (Wildman–Crippen LogP) is 1.46. The molecule has 1 amide bonds. The van der Waals surface area contributed by atoms with Gasteiger partial charge in [0.2, 0.25) is 0 Å². The van der Waals surface area contributed by atoms with Crippen molar-refractivity contribution in [1.82, 2.24) is 5.06 Å². The Morgan fingerprint density at radius 1 is 1.31 bits per heavy atom. The van der Waals surface area contributed by atoms with Crippen molar-refractivity contribution in [3.63, 3.8) is 0 Å². The highest BCUT2D eigenvalue weighted by Crippen LogP contribution is 2.08. The zero-order valence-corrected chi connectivity index (χ0v) is 8.03. The normalized spacial score (nSPS) is 10.5. The van der Waals surface area contributed by atoms with Crippen LogP contribution in [0.3, 0.4) is 0 Å². The second-order valence-corrected chi connectivity index (χ2v) is 3.34. The summed E-state index contributed by atoms with van der Waals surface area (Å²) < 4.78 is 4.69. The van der Waals surface area contributed by atoms with E-state index in [1.807, 2.05) is 0 Å². The van der Waals surface area contributed by atoms with E-state index in [0.29, 0.717) is 5.06 Å². The number of carboxylic acid groups (broad SMARTS) is 1. The molecule has 0 aliphatic heterocycles. The van der Waals surface area contributed by atoms with E-state index < -0.39 is 17.8 Å². The molecule has 0 bridgehead atoms. The fourth-order valence-electron chi connectivity index (χ4n) is 0.419. The van der Waals surface area contributed by atoms with Crippen molar-refractivity contribution in [3.8, 4) is 0 Å². The van der Waals surface area contributed by atoms with Crippen molar-refractivity contribution in [3.05, 3.63) is 0 Å². The Kier molecular flexibility index (Phi) is 3.53. The molecular weight excluding hydrogens is 178 g/mol. The van der Waals surface area contributed by atoms with E-state index in [0.717, 1.165) is 7.05 Å². The summed E-state index contributed by atoms with van der Waals surface area (Å²) in [4.78, 5) is 25.3. The maximum Gasteiger partial charge on any atom is 0.534 e. The van der Waals surface area contributed by atoms with Crippen molar-refractivity contribution in [1.29, 1.82) is 0 Å². The lowest BCUT2D eigenvalue weighted by atomic mass is 10.2. The first-order chi connectivity index (χ1) is 5.72. The molecule has 0 aliphatic rings. The Labute approximate surface area is 76.0 Å². The summed E-state index contributed by atoms with van der Waals surface area (Å²) in [5.41, 5.74) is -0.698. The summed E-state index contributed by atoms with van der Waals surface area (Å²) in [6.45, 7) is 4.94. The Balaban J connectivity index is 3.96. The van der Waals surface area contributed by atoms with Gasteiger partial charge in [0.05, 0.1) is 7.05 Å². The average Bonchev–Trinajstić information content (AvgIpc) is 1.81. The second kappa shape index (κ2) is 3.97. The second-order valence-electron chi connectivity index (χ2n) is 3.34. The molecule has 0 saturated heterocycles. The van der Waals surface area contributed by atoms with E-state index in [1.54, 1.807) is 20.8 Å². The van der Waals surface area contributed by atoms with Gasteiger partial charge in [-0.3, -0.25) is 0 Å². The van der Waals surface area contributed by atoms with Gasteiger partial charge < -0.3 is 14.7 Å². The predicted molar refractivity (Wildman–Crippen MR) is 43.1 cm³/mol. The van der Waals surface area contributed by atoms with Crippen LogP contribution in [0.2, 0.25) is 0 Å². The third kappa shape index (κ3) is 5.77. The van der Waals surface area contributed by atoms with Gasteiger partial charge in [0.25, 0.3) is 0 Å². The number of rotatable bonds is 0. The maximum atomic E-state index is 10.8. The molecule has 1 N–H and O–H groups in total. The van der Waals surface area contributed by atoms with Gasteiger partial charge in [-0.05, 0) is 20.8 Å². The summed E-state index contributed by atoms with van der Waals surface area (Å²) in [6.07, 6.45) is -2.41. The molecule has 0 aliphatic carbocycles. The molecular formula is C7H13NO5. The van der Waals surface area contributed by atoms with E-state index >= 15 is 0 Å². The van der Waals surface area contributed by atoms with E-state index in [9.17, 15) is 9.59 Å². The number of hydrogen-bond acceptors (Lipinski definition) is 4. The SMILES string of the molecule is CN(OC(=O)OC(C)(C)C)C(=O)O. The van der Waals surface area contributed by atoms with Gasteiger partial charge in [-0.2, -0.15) is 0 Å². The lowest BCUT2D eigenvalue weighted by molar-refractivity contribution is -0.108. The van der Waals surface area contributed by atoms with Crippen molar-refractivity contribution >= 4 is 12.2 Å². The van der Waals surface area contributed by atoms with Crippen LogP contribution in [0.15, 0.2) is 0 Å². The molecule has 13 heavy (non-hydrogen) atoms. The minimum absolute atomic E-state index is 0.369. The topological polar surface area (TPSA) is 76.1 Å². The number of carbonyl (C=O) groups excluding carboxylic acids is 1. The minimum Gasteiger partial charge on any atom is -0.463 e. The van der Waals surface area contributed by atoms with Gasteiger partial charge in [0.15, 0.2) is 0 Å². The number of ether oxygens (including phenoxy) is 1. The lowest BCUT2D eigenvalue weighted by Gasteiger charge is -2.20. The van der Waals surface area contributed by atoms with Gasteiger partial charge in [-0.15, -0.1) is 5.06 Å². The van der Waals surface area contributed by atoms with Crippen LogP contribution in [0.1, 0.15) is 20.8 Å². The van der Waals surface area contributed by atoms with E-state index in [1.165, 1.54) is 0 Å². The van der Waals surface area contributed by atoms with Crippen LogP contribution >= 0.6 is 0 Å². The van der Waals surface area contributed by atoms with E-state index in [-0.39, 0.29) is 0 Å². The fraction of sp³-hybridized carbons (Fsp3) is 0.714. The molecule has 0 heterocycles. The number of amides is 1. The minimum atomic E-state index is -1.37. The van der Waals surface area contributed by atoms with Gasteiger partial charge >= 0.3 is 12.2 Å². The molecule has 0 saturated carbocycles. The largest absolute Gasteiger partial charge is 0.534 e. The maximum absolute atomic E-state index is 10.8. The number of nitrogens with zero attached hydrogens (tertiary/aromatic N) is 1. The summed E-state index contributed by atoms with van der Waals surface area (Å²) in [7, 11) is 1.09. The zero-order chi connectivity index (χ0) is 10.6.